The Labute approximate surface area is 240 Å². The number of alkyl halides is 3. The van der Waals surface area contributed by atoms with Gasteiger partial charge in [-0.1, -0.05) is 6.07 Å². The molecule has 228 valence electrons. The van der Waals surface area contributed by atoms with E-state index < -0.39 is 54.3 Å². The molecule has 2 aromatic rings. The minimum atomic E-state index is -4.69. The van der Waals surface area contributed by atoms with Gasteiger partial charge in [0.25, 0.3) is 5.91 Å². The van der Waals surface area contributed by atoms with E-state index in [1.54, 1.807) is 16.1 Å². The maximum atomic E-state index is 15.2. The Kier molecular flexibility index (Phi) is 9.21. The van der Waals surface area contributed by atoms with E-state index in [1.807, 2.05) is 13.8 Å². The molecule has 1 aromatic carbocycles. The fourth-order valence-corrected chi connectivity index (χ4v) is 5.16. The summed E-state index contributed by atoms with van der Waals surface area (Å²) in [4.78, 5) is 50.9. The summed E-state index contributed by atoms with van der Waals surface area (Å²) < 4.78 is 54.6. The van der Waals surface area contributed by atoms with Crippen LogP contribution in [0.4, 0.5) is 23.2 Å². The van der Waals surface area contributed by atoms with E-state index in [1.165, 1.54) is 12.3 Å². The van der Waals surface area contributed by atoms with Crippen molar-refractivity contribution in [1.82, 2.24) is 25.7 Å². The fourth-order valence-electron chi connectivity index (χ4n) is 5.16. The summed E-state index contributed by atoms with van der Waals surface area (Å²) in [5.74, 6) is -3.59. The fraction of sp³-hybridized carbons (Fsp3) is 0.536. The third kappa shape index (κ3) is 7.85. The maximum absolute atomic E-state index is 15.2. The van der Waals surface area contributed by atoms with Crippen LogP contribution in [0.25, 0.3) is 0 Å². The first-order chi connectivity index (χ1) is 19.7. The molecule has 2 aliphatic rings. The number of halogens is 4. The van der Waals surface area contributed by atoms with Crippen molar-refractivity contribution in [2.24, 2.45) is 17.8 Å². The first-order valence-electron chi connectivity index (χ1n) is 13.8. The highest BCUT2D eigenvalue weighted by atomic mass is 19.4. The maximum Gasteiger partial charge on any atom is 0.405 e. The zero-order valence-electron chi connectivity index (χ0n) is 23.4. The van der Waals surface area contributed by atoms with Gasteiger partial charge in [-0.2, -0.15) is 18.3 Å². The van der Waals surface area contributed by atoms with Crippen LogP contribution in [0.5, 0.6) is 0 Å². The van der Waals surface area contributed by atoms with Gasteiger partial charge in [0.05, 0.1) is 5.69 Å². The number of carbonyl (C=O) groups is 4. The molecule has 0 radical (unpaired) electrons. The van der Waals surface area contributed by atoms with E-state index in [2.05, 4.69) is 21.0 Å². The lowest BCUT2D eigenvalue weighted by Gasteiger charge is -2.28. The Morgan fingerprint density at radius 1 is 1.00 bits per heavy atom. The van der Waals surface area contributed by atoms with Crippen LogP contribution in [-0.2, 0) is 14.4 Å². The number of hydrogen-bond donors (Lipinski definition) is 4. The van der Waals surface area contributed by atoms with Gasteiger partial charge in [-0.15, -0.1) is 0 Å². The molecule has 2 fully saturated rings. The first-order valence-corrected chi connectivity index (χ1v) is 13.8. The van der Waals surface area contributed by atoms with Crippen LogP contribution in [0.3, 0.4) is 0 Å². The molecule has 0 spiro atoms. The summed E-state index contributed by atoms with van der Waals surface area (Å²) in [6, 6.07) is 2.15. The molecule has 2 aliphatic carbocycles. The molecule has 4 rings (SSSR count). The summed E-state index contributed by atoms with van der Waals surface area (Å²) in [6.45, 7) is 3.17. The largest absolute Gasteiger partial charge is 0.405 e. The van der Waals surface area contributed by atoms with E-state index >= 15 is 4.39 Å². The number of carbonyl (C=O) groups excluding carboxylic acids is 4. The number of rotatable bonds is 12. The van der Waals surface area contributed by atoms with E-state index in [0.29, 0.717) is 0 Å². The summed E-state index contributed by atoms with van der Waals surface area (Å²) >= 11 is 0. The second kappa shape index (κ2) is 12.5. The standard InChI is InChI=1S/C28H34F4N6O4/c1-14(2)38-21(10-11-34-38)25(40)37-24(22(16-4-5-16)17-6-7-17)27(42)36-20-9-8-18(12-19(20)29)23(35-15(3)39)26(41)33-13-28(30,31)32/h8-12,14,16-17,22-24H,4-7,13H2,1-3H3,(H,33,41)(H,35,39)(H,36,42)(H,37,40). The van der Waals surface area contributed by atoms with Crippen molar-refractivity contribution in [3.63, 3.8) is 0 Å². The third-order valence-electron chi connectivity index (χ3n) is 7.34. The predicted octanol–water partition coefficient (Wildman–Crippen LogP) is 3.63. The highest BCUT2D eigenvalue weighted by Crippen LogP contribution is 2.51. The molecule has 4 amide bonds. The average Bonchev–Trinajstić information content (AvgIpc) is 3.85. The quantitative estimate of drug-likeness (QED) is 0.279. The van der Waals surface area contributed by atoms with Crippen LogP contribution >= 0.6 is 0 Å². The number of aromatic nitrogens is 2. The van der Waals surface area contributed by atoms with E-state index in [9.17, 15) is 32.3 Å². The lowest BCUT2D eigenvalue weighted by molar-refractivity contribution is -0.140. The molecular weight excluding hydrogens is 560 g/mol. The molecule has 1 aromatic heterocycles. The van der Waals surface area contributed by atoms with Crippen molar-refractivity contribution >= 4 is 29.3 Å². The van der Waals surface area contributed by atoms with Crippen LogP contribution in [0.2, 0.25) is 0 Å². The number of nitrogens with one attached hydrogen (secondary N) is 4. The van der Waals surface area contributed by atoms with Crippen LogP contribution in [0.15, 0.2) is 30.5 Å². The topological polar surface area (TPSA) is 134 Å². The van der Waals surface area contributed by atoms with Crippen LogP contribution in [0, 0.1) is 23.6 Å². The SMILES string of the molecule is CC(=O)NC(C(=O)NCC(F)(F)F)c1ccc(NC(=O)C(NC(=O)c2ccnn2C(C)C)C(C2CC2)C2CC2)c(F)c1. The second-order valence-electron chi connectivity index (χ2n) is 11.2. The van der Waals surface area contributed by atoms with Crippen LogP contribution < -0.4 is 21.3 Å². The Morgan fingerprint density at radius 3 is 2.17 bits per heavy atom. The highest BCUT2D eigenvalue weighted by Gasteiger charge is 2.48. The summed E-state index contributed by atoms with van der Waals surface area (Å²) in [5, 5.41) is 13.5. The van der Waals surface area contributed by atoms with Gasteiger partial charge < -0.3 is 21.3 Å². The van der Waals surface area contributed by atoms with E-state index in [0.717, 1.165) is 44.7 Å². The molecule has 4 N–H and O–H groups in total. The normalized spacial score (nSPS) is 16.6. The lowest BCUT2D eigenvalue weighted by atomic mass is 9.88. The first kappa shape index (κ1) is 31.0. The van der Waals surface area contributed by atoms with Crippen molar-refractivity contribution < 1.29 is 36.7 Å². The van der Waals surface area contributed by atoms with Gasteiger partial charge in [0, 0.05) is 19.2 Å². The monoisotopic (exact) mass is 594 g/mol. The van der Waals surface area contributed by atoms with Crippen molar-refractivity contribution in [3.8, 4) is 0 Å². The van der Waals surface area contributed by atoms with Crippen LogP contribution in [-0.4, -0.2) is 52.2 Å². The van der Waals surface area contributed by atoms with Crippen molar-refractivity contribution in [2.75, 3.05) is 11.9 Å². The Hall–Kier alpha value is -3.97. The number of hydrogen-bond acceptors (Lipinski definition) is 5. The zero-order valence-corrected chi connectivity index (χ0v) is 23.4. The Bertz CT molecular complexity index is 1320. The average molecular weight is 595 g/mol. The van der Waals surface area contributed by atoms with Crippen molar-refractivity contribution in [2.45, 2.75) is 70.8 Å². The molecule has 14 heteroatoms. The number of nitrogens with zero attached hydrogens (tertiary/aromatic N) is 2. The molecule has 42 heavy (non-hydrogen) atoms. The van der Waals surface area contributed by atoms with Gasteiger partial charge in [0.1, 0.15) is 30.1 Å². The molecule has 1 heterocycles. The van der Waals surface area contributed by atoms with Crippen molar-refractivity contribution in [3.05, 3.63) is 47.5 Å². The summed E-state index contributed by atoms with van der Waals surface area (Å²) in [7, 11) is 0. The smallest absolute Gasteiger partial charge is 0.345 e. The van der Waals surface area contributed by atoms with Gasteiger partial charge in [-0.05, 0) is 81.0 Å². The minimum absolute atomic E-state index is 0.0971. The molecule has 10 nitrogen and oxygen atoms in total. The summed E-state index contributed by atoms with van der Waals surface area (Å²) in [6.07, 6.45) is 0.514. The van der Waals surface area contributed by atoms with Gasteiger partial charge >= 0.3 is 6.18 Å². The molecule has 0 aliphatic heterocycles. The minimum Gasteiger partial charge on any atom is -0.345 e. The molecule has 2 unspecified atom stereocenters. The third-order valence-corrected chi connectivity index (χ3v) is 7.34. The van der Waals surface area contributed by atoms with Crippen LogP contribution in [0.1, 0.15) is 74.6 Å². The van der Waals surface area contributed by atoms with Gasteiger partial charge in [0.2, 0.25) is 17.7 Å². The van der Waals surface area contributed by atoms with Gasteiger partial charge in [-0.25, -0.2) is 4.39 Å². The molecule has 0 saturated heterocycles. The zero-order chi connectivity index (χ0) is 30.8. The van der Waals surface area contributed by atoms with E-state index in [-0.39, 0.29) is 40.7 Å². The molecule has 2 saturated carbocycles. The van der Waals surface area contributed by atoms with Gasteiger partial charge in [0.15, 0.2) is 0 Å². The molecule has 2 atom stereocenters. The van der Waals surface area contributed by atoms with Crippen molar-refractivity contribution in [1.29, 1.82) is 0 Å². The lowest BCUT2D eigenvalue weighted by Crippen LogP contribution is -2.50. The second-order valence-corrected chi connectivity index (χ2v) is 11.2. The highest BCUT2D eigenvalue weighted by molar-refractivity contribution is 6.01. The number of amides is 4. The number of benzene rings is 1. The van der Waals surface area contributed by atoms with E-state index in [4.69, 9.17) is 0 Å². The Morgan fingerprint density at radius 2 is 1.64 bits per heavy atom. The molecule has 0 bridgehead atoms. The number of anilines is 1. The molecular formula is C28H34F4N6O4. The predicted molar refractivity (Wildman–Crippen MR) is 143 cm³/mol. The summed E-state index contributed by atoms with van der Waals surface area (Å²) in [5.41, 5.74) is -0.0876. The Balaban J connectivity index is 1.54. The van der Waals surface area contributed by atoms with Gasteiger partial charge in [-0.3, -0.25) is 23.9 Å².